The van der Waals surface area contributed by atoms with E-state index >= 15 is 0 Å². The Labute approximate surface area is 78.0 Å². The molecule has 0 aromatic carbocycles. The van der Waals surface area contributed by atoms with Crippen LogP contribution in [0.25, 0.3) is 0 Å². The van der Waals surface area contributed by atoms with Gasteiger partial charge in [-0.15, -0.1) is 0 Å². The van der Waals surface area contributed by atoms with Gasteiger partial charge >= 0.3 is 0 Å². The summed E-state index contributed by atoms with van der Waals surface area (Å²) in [6.07, 6.45) is 2.70. The number of pyridine rings is 1. The summed E-state index contributed by atoms with van der Waals surface area (Å²) in [5.41, 5.74) is 0.390. The van der Waals surface area contributed by atoms with E-state index in [2.05, 4.69) is 11.9 Å². The molecule has 0 bridgehead atoms. The maximum Gasteiger partial charge on any atom is 0.144 e. The van der Waals surface area contributed by atoms with Crippen LogP contribution in [0.2, 0.25) is 0 Å². The van der Waals surface area contributed by atoms with Crippen LogP contribution < -0.4 is 4.74 Å². The second kappa shape index (κ2) is 4.46. The van der Waals surface area contributed by atoms with Crippen LogP contribution in [0.1, 0.15) is 26.0 Å². The van der Waals surface area contributed by atoms with E-state index in [-0.39, 0.29) is 6.10 Å². The molecule has 1 atom stereocenters. The van der Waals surface area contributed by atoms with Gasteiger partial charge in [-0.25, -0.2) is 4.98 Å². The lowest BCUT2D eigenvalue weighted by atomic mass is 10.3. The molecule has 68 valence electrons. The van der Waals surface area contributed by atoms with Crippen molar-refractivity contribution in [2.24, 2.45) is 0 Å². The third-order valence-corrected chi connectivity index (χ3v) is 1.76. The summed E-state index contributed by atoms with van der Waals surface area (Å²) in [6, 6.07) is 5.37. The molecule has 0 fully saturated rings. The predicted octanol–water partition coefficient (Wildman–Crippen LogP) is 2.13. The molecule has 0 N–H and O–H groups in total. The lowest BCUT2D eigenvalue weighted by Crippen LogP contribution is -2.09. The molecule has 0 spiro atoms. The smallest absolute Gasteiger partial charge is 0.144 e. The highest BCUT2D eigenvalue weighted by molar-refractivity contribution is 5.29. The summed E-state index contributed by atoms with van der Waals surface area (Å²) in [4.78, 5) is 3.85. The Hall–Kier alpha value is -1.56. The van der Waals surface area contributed by atoms with Crippen molar-refractivity contribution in [1.29, 1.82) is 5.26 Å². The van der Waals surface area contributed by atoms with Gasteiger partial charge in [0.15, 0.2) is 0 Å². The minimum Gasteiger partial charge on any atom is -0.491 e. The lowest BCUT2D eigenvalue weighted by molar-refractivity contribution is 0.217. The highest BCUT2D eigenvalue weighted by atomic mass is 16.5. The molecule has 3 heteroatoms. The highest BCUT2D eigenvalue weighted by Gasteiger charge is 2.01. The molecule has 0 radical (unpaired) electrons. The van der Waals surface area contributed by atoms with Crippen molar-refractivity contribution in [1.82, 2.24) is 4.98 Å². The summed E-state index contributed by atoms with van der Waals surface area (Å²) < 4.78 is 5.51. The number of aromatic nitrogens is 1. The van der Waals surface area contributed by atoms with Crippen LogP contribution in [0.4, 0.5) is 0 Å². The molecule has 0 aliphatic rings. The van der Waals surface area contributed by atoms with E-state index in [0.717, 1.165) is 6.42 Å². The number of hydrogen-bond donors (Lipinski definition) is 0. The van der Waals surface area contributed by atoms with Crippen molar-refractivity contribution in [2.75, 3.05) is 0 Å². The van der Waals surface area contributed by atoms with E-state index < -0.39 is 0 Å². The van der Waals surface area contributed by atoms with Crippen LogP contribution in [0.3, 0.4) is 0 Å². The molecular weight excluding hydrogens is 164 g/mol. The van der Waals surface area contributed by atoms with Crippen molar-refractivity contribution in [3.8, 4) is 11.8 Å². The molecule has 0 saturated carbocycles. The van der Waals surface area contributed by atoms with E-state index in [1.807, 2.05) is 13.0 Å². The summed E-state index contributed by atoms with van der Waals surface area (Å²) in [7, 11) is 0. The van der Waals surface area contributed by atoms with Gasteiger partial charge in [-0.05, 0) is 19.4 Å². The maximum absolute atomic E-state index is 8.59. The minimum atomic E-state index is 0.175. The van der Waals surface area contributed by atoms with Gasteiger partial charge in [-0.1, -0.05) is 6.92 Å². The molecule has 3 nitrogen and oxygen atoms in total. The second-order valence-electron chi connectivity index (χ2n) is 2.83. The van der Waals surface area contributed by atoms with Gasteiger partial charge in [0.25, 0.3) is 0 Å². The molecule has 1 aromatic heterocycles. The van der Waals surface area contributed by atoms with Crippen LogP contribution in [-0.2, 0) is 0 Å². The fourth-order valence-corrected chi connectivity index (χ4v) is 0.861. The van der Waals surface area contributed by atoms with E-state index in [4.69, 9.17) is 10.00 Å². The average molecular weight is 176 g/mol. The number of nitriles is 1. The number of ether oxygens (including phenoxy) is 1. The molecule has 1 unspecified atom stereocenters. The highest BCUT2D eigenvalue weighted by Crippen LogP contribution is 2.13. The van der Waals surface area contributed by atoms with Crippen LogP contribution in [0.15, 0.2) is 18.3 Å². The first kappa shape index (κ1) is 9.53. The van der Waals surface area contributed by atoms with Gasteiger partial charge in [0.1, 0.15) is 17.5 Å². The third kappa shape index (κ3) is 2.75. The van der Waals surface area contributed by atoms with Crippen molar-refractivity contribution in [3.63, 3.8) is 0 Å². The summed E-state index contributed by atoms with van der Waals surface area (Å²) in [5, 5.41) is 8.59. The van der Waals surface area contributed by atoms with E-state index in [0.29, 0.717) is 11.4 Å². The van der Waals surface area contributed by atoms with Crippen molar-refractivity contribution in [3.05, 3.63) is 24.0 Å². The molecule has 0 saturated heterocycles. The normalized spacial score (nSPS) is 11.8. The van der Waals surface area contributed by atoms with Crippen LogP contribution in [-0.4, -0.2) is 11.1 Å². The van der Waals surface area contributed by atoms with Crippen molar-refractivity contribution < 1.29 is 4.74 Å². The topological polar surface area (TPSA) is 45.9 Å². The minimum absolute atomic E-state index is 0.175. The third-order valence-electron chi connectivity index (χ3n) is 1.76. The SMILES string of the molecule is CCC(C)Oc1ccnc(C#N)c1. The fourth-order valence-electron chi connectivity index (χ4n) is 0.861. The van der Waals surface area contributed by atoms with Crippen LogP contribution >= 0.6 is 0 Å². The van der Waals surface area contributed by atoms with E-state index in [9.17, 15) is 0 Å². The van der Waals surface area contributed by atoms with Crippen LogP contribution in [0, 0.1) is 11.3 Å². The average Bonchev–Trinajstić information content (AvgIpc) is 2.18. The molecule has 13 heavy (non-hydrogen) atoms. The fraction of sp³-hybridized carbons (Fsp3) is 0.400. The Kier molecular flexibility index (Phi) is 3.27. The quantitative estimate of drug-likeness (QED) is 0.708. The van der Waals surface area contributed by atoms with Gasteiger partial charge in [-0.2, -0.15) is 5.26 Å². The first-order chi connectivity index (χ1) is 6.26. The molecule has 0 aliphatic carbocycles. The zero-order valence-corrected chi connectivity index (χ0v) is 7.82. The Balaban J connectivity index is 2.73. The number of rotatable bonds is 3. The van der Waals surface area contributed by atoms with E-state index in [1.165, 1.54) is 0 Å². The maximum atomic E-state index is 8.59. The van der Waals surface area contributed by atoms with Gasteiger partial charge < -0.3 is 4.74 Å². The van der Waals surface area contributed by atoms with Crippen LogP contribution in [0.5, 0.6) is 5.75 Å². The van der Waals surface area contributed by atoms with E-state index in [1.54, 1.807) is 18.3 Å². The zero-order valence-electron chi connectivity index (χ0n) is 7.82. The molecule has 0 amide bonds. The molecule has 1 rings (SSSR count). The van der Waals surface area contributed by atoms with Gasteiger partial charge in [-0.3, -0.25) is 0 Å². The zero-order chi connectivity index (χ0) is 9.68. The Bertz CT molecular complexity index is 317. The molecule has 1 aromatic rings. The Morgan fingerprint density at radius 2 is 2.46 bits per heavy atom. The summed E-state index contributed by atoms with van der Waals surface area (Å²) in [6.45, 7) is 4.05. The van der Waals surface area contributed by atoms with Crippen molar-refractivity contribution >= 4 is 0 Å². The number of nitrogens with zero attached hydrogens (tertiary/aromatic N) is 2. The van der Waals surface area contributed by atoms with Gasteiger partial charge in [0.2, 0.25) is 0 Å². The molecular formula is C10H12N2O. The van der Waals surface area contributed by atoms with Gasteiger partial charge in [0, 0.05) is 12.3 Å². The van der Waals surface area contributed by atoms with Crippen molar-refractivity contribution in [2.45, 2.75) is 26.4 Å². The standard InChI is InChI=1S/C10H12N2O/c1-3-8(2)13-10-4-5-12-9(6-10)7-11/h4-6,8H,3H2,1-2H3. The molecule has 1 heterocycles. The largest absolute Gasteiger partial charge is 0.491 e. The Morgan fingerprint density at radius 1 is 1.69 bits per heavy atom. The predicted molar refractivity (Wildman–Crippen MR) is 49.3 cm³/mol. The summed E-state index contributed by atoms with van der Waals surface area (Å²) >= 11 is 0. The Morgan fingerprint density at radius 3 is 3.08 bits per heavy atom. The summed E-state index contributed by atoms with van der Waals surface area (Å²) in [5.74, 6) is 0.709. The first-order valence-corrected chi connectivity index (χ1v) is 4.29. The first-order valence-electron chi connectivity index (χ1n) is 4.29. The van der Waals surface area contributed by atoms with Gasteiger partial charge in [0.05, 0.1) is 6.10 Å². The lowest BCUT2D eigenvalue weighted by Gasteiger charge is -2.11. The monoisotopic (exact) mass is 176 g/mol. The second-order valence-corrected chi connectivity index (χ2v) is 2.83. The molecule has 0 aliphatic heterocycles. The number of hydrogen-bond acceptors (Lipinski definition) is 3.